The summed E-state index contributed by atoms with van der Waals surface area (Å²) in [6, 6.07) is 3.30. The summed E-state index contributed by atoms with van der Waals surface area (Å²) in [7, 11) is 0. The minimum Gasteiger partial charge on any atom is -0.486 e. The third-order valence-corrected chi connectivity index (χ3v) is 4.90. The maximum atomic E-state index is 12.2. The molecule has 128 valence electrons. The number of nitrogens with zero attached hydrogens (tertiary/aromatic N) is 2. The van der Waals surface area contributed by atoms with E-state index in [4.69, 9.17) is 4.74 Å². The molecule has 24 heavy (non-hydrogen) atoms. The molecule has 0 aromatic carbocycles. The number of rotatable bonds is 5. The Morgan fingerprint density at radius 2 is 2.38 bits per heavy atom. The smallest absolute Gasteiger partial charge is 0.226 e. The van der Waals surface area contributed by atoms with Gasteiger partial charge < -0.3 is 15.2 Å². The van der Waals surface area contributed by atoms with Crippen molar-refractivity contribution < 1.29 is 14.6 Å². The van der Waals surface area contributed by atoms with E-state index in [9.17, 15) is 9.90 Å². The van der Waals surface area contributed by atoms with Crippen LogP contribution >= 0.6 is 11.3 Å². The van der Waals surface area contributed by atoms with Gasteiger partial charge in [0.15, 0.2) is 0 Å². The van der Waals surface area contributed by atoms with Crippen LogP contribution in [0.25, 0.3) is 0 Å². The maximum Gasteiger partial charge on any atom is 0.226 e. The van der Waals surface area contributed by atoms with Crippen molar-refractivity contribution >= 4 is 17.2 Å². The highest BCUT2D eigenvalue weighted by Gasteiger charge is 2.34. The SMILES string of the molecule is Cc1nc(CC(=O)N[C@@H]2CCC[C@@H](Oc3cccnc3)[C@@H]2O)cs1. The van der Waals surface area contributed by atoms with E-state index in [2.05, 4.69) is 15.3 Å². The van der Waals surface area contributed by atoms with E-state index in [1.54, 1.807) is 18.5 Å². The minimum absolute atomic E-state index is 0.119. The summed E-state index contributed by atoms with van der Waals surface area (Å²) in [5, 5.41) is 16.3. The van der Waals surface area contributed by atoms with E-state index < -0.39 is 6.10 Å². The number of amides is 1. The number of carbonyl (C=O) groups is 1. The van der Waals surface area contributed by atoms with E-state index >= 15 is 0 Å². The highest BCUT2D eigenvalue weighted by molar-refractivity contribution is 7.09. The third-order valence-electron chi connectivity index (χ3n) is 4.07. The van der Waals surface area contributed by atoms with Crippen LogP contribution in [0.4, 0.5) is 0 Å². The maximum absolute atomic E-state index is 12.2. The van der Waals surface area contributed by atoms with Gasteiger partial charge in [0.2, 0.25) is 5.91 Å². The molecule has 1 fully saturated rings. The zero-order valence-electron chi connectivity index (χ0n) is 13.5. The third kappa shape index (κ3) is 4.30. The Bertz CT molecular complexity index is 677. The molecular weight excluding hydrogens is 326 g/mol. The van der Waals surface area contributed by atoms with Crippen LogP contribution in [-0.2, 0) is 11.2 Å². The summed E-state index contributed by atoms with van der Waals surface area (Å²) in [5.74, 6) is 0.512. The number of ether oxygens (including phenoxy) is 1. The van der Waals surface area contributed by atoms with E-state index in [0.29, 0.717) is 5.75 Å². The van der Waals surface area contributed by atoms with E-state index in [0.717, 1.165) is 30.0 Å². The second-order valence-electron chi connectivity index (χ2n) is 5.98. The first-order valence-electron chi connectivity index (χ1n) is 8.07. The standard InChI is InChI=1S/C17H21N3O3S/c1-11-19-12(10-24-11)8-16(21)20-14-5-2-6-15(17(14)22)23-13-4-3-7-18-9-13/h3-4,7,9-10,14-15,17,22H,2,5-6,8H2,1H3,(H,20,21)/t14-,15-,17-/m1/s1. The van der Waals surface area contributed by atoms with Crippen molar-refractivity contribution in [2.24, 2.45) is 0 Å². The first kappa shape index (κ1) is 16.9. The number of aliphatic hydroxyl groups excluding tert-OH is 1. The fourth-order valence-electron chi connectivity index (χ4n) is 2.93. The number of hydrogen-bond donors (Lipinski definition) is 2. The Morgan fingerprint density at radius 1 is 1.50 bits per heavy atom. The zero-order chi connectivity index (χ0) is 16.9. The highest BCUT2D eigenvalue weighted by atomic mass is 32.1. The Morgan fingerprint density at radius 3 is 3.08 bits per heavy atom. The second kappa shape index (κ2) is 7.72. The van der Waals surface area contributed by atoms with Gasteiger partial charge in [-0.3, -0.25) is 9.78 Å². The zero-order valence-corrected chi connectivity index (χ0v) is 14.3. The number of aryl methyl sites for hydroxylation is 1. The molecule has 2 N–H and O–H groups in total. The molecule has 0 bridgehead atoms. The largest absolute Gasteiger partial charge is 0.486 e. The number of aromatic nitrogens is 2. The highest BCUT2D eigenvalue weighted by Crippen LogP contribution is 2.24. The molecule has 1 aliphatic carbocycles. The molecule has 1 aliphatic rings. The summed E-state index contributed by atoms with van der Waals surface area (Å²) >= 11 is 1.53. The first-order chi connectivity index (χ1) is 11.6. The Balaban J connectivity index is 1.56. The number of nitrogens with one attached hydrogen (secondary N) is 1. The summed E-state index contributed by atoms with van der Waals surface area (Å²) < 4.78 is 5.83. The van der Waals surface area contributed by atoms with Gasteiger partial charge >= 0.3 is 0 Å². The van der Waals surface area contributed by atoms with Crippen LogP contribution in [0.3, 0.4) is 0 Å². The van der Waals surface area contributed by atoms with Gasteiger partial charge in [-0.1, -0.05) is 0 Å². The predicted molar refractivity (Wildman–Crippen MR) is 91.0 cm³/mol. The monoisotopic (exact) mass is 347 g/mol. The van der Waals surface area contributed by atoms with E-state index in [-0.39, 0.29) is 24.5 Å². The van der Waals surface area contributed by atoms with Gasteiger partial charge in [-0.15, -0.1) is 11.3 Å². The lowest BCUT2D eigenvalue weighted by molar-refractivity contribution is -0.123. The Labute approximate surface area is 144 Å². The molecule has 3 atom stereocenters. The average molecular weight is 347 g/mol. The number of hydrogen-bond acceptors (Lipinski definition) is 6. The molecule has 0 spiro atoms. The van der Waals surface area contributed by atoms with Crippen LogP contribution in [0.15, 0.2) is 29.9 Å². The number of carbonyl (C=O) groups excluding carboxylic acids is 1. The normalized spacial score (nSPS) is 23.7. The van der Waals surface area contributed by atoms with Crippen molar-refractivity contribution in [3.8, 4) is 5.75 Å². The quantitative estimate of drug-likeness (QED) is 0.862. The van der Waals surface area contributed by atoms with Crippen molar-refractivity contribution in [2.45, 2.75) is 50.9 Å². The van der Waals surface area contributed by atoms with Crippen molar-refractivity contribution in [1.29, 1.82) is 0 Å². The topological polar surface area (TPSA) is 84.3 Å². The van der Waals surface area contributed by atoms with Gasteiger partial charge in [-0.25, -0.2) is 4.98 Å². The van der Waals surface area contributed by atoms with Crippen LogP contribution < -0.4 is 10.1 Å². The minimum atomic E-state index is -0.736. The molecule has 3 rings (SSSR count). The first-order valence-corrected chi connectivity index (χ1v) is 8.95. The Kier molecular flexibility index (Phi) is 5.42. The molecule has 2 aromatic heterocycles. The second-order valence-corrected chi connectivity index (χ2v) is 7.04. The van der Waals surface area contributed by atoms with Crippen molar-refractivity contribution in [3.05, 3.63) is 40.6 Å². The molecule has 6 nitrogen and oxygen atoms in total. The summed E-state index contributed by atoms with van der Waals surface area (Å²) in [6.07, 6.45) is 4.86. The van der Waals surface area contributed by atoms with Crippen molar-refractivity contribution in [3.63, 3.8) is 0 Å². The van der Waals surface area contributed by atoms with Gasteiger partial charge in [-0.05, 0) is 38.3 Å². The fraction of sp³-hybridized carbons (Fsp3) is 0.471. The Hall–Kier alpha value is -1.99. The number of thiazole rings is 1. The van der Waals surface area contributed by atoms with Crippen LogP contribution in [0.5, 0.6) is 5.75 Å². The van der Waals surface area contributed by atoms with Crippen molar-refractivity contribution in [2.75, 3.05) is 0 Å². The van der Waals surface area contributed by atoms with Crippen LogP contribution in [0, 0.1) is 6.92 Å². The fourth-order valence-corrected chi connectivity index (χ4v) is 3.54. The van der Waals surface area contributed by atoms with Gasteiger partial charge in [0.05, 0.1) is 29.4 Å². The van der Waals surface area contributed by atoms with Crippen LogP contribution in [-0.4, -0.2) is 39.2 Å². The van der Waals surface area contributed by atoms with Crippen molar-refractivity contribution in [1.82, 2.24) is 15.3 Å². The van der Waals surface area contributed by atoms with Gasteiger partial charge in [0, 0.05) is 11.6 Å². The molecule has 2 aromatic rings. The lowest BCUT2D eigenvalue weighted by Crippen LogP contribution is -2.53. The van der Waals surface area contributed by atoms with Gasteiger partial charge in [-0.2, -0.15) is 0 Å². The molecule has 0 saturated heterocycles. The van der Waals surface area contributed by atoms with Crippen LogP contribution in [0.2, 0.25) is 0 Å². The molecular formula is C17H21N3O3S. The van der Waals surface area contributed by atoms with Gasteiger partial charge in [0.1, 0.15) is 18.0 Å². The molecule has 0 radical (unpaired) electrons. The van der Waals surface area contributed by atoms with E-state index in [1.807, 2.05) is 18.4 Å². The van der Waals surface area contributed by atoms with Gasteiger partial charge in [0.25, 0.3) is 0 Å². The summed E-state index contributed by atoms with van der Waals surface area (Å²) in [6.45, 7) is 1.91. The molecule has 0 unspecified atom stereocenters. The molecule has 0 aliphatic heterocycles. The number of pyridine rings is 1. The lowest BCUT2D eigenvalue weighted by Gasteiger charge is -2.35. The predicted octanol–water partition coefficient (Wildman–Crippen LogP) is 1.87. The molecule has 1 saturated carbocycles. The number of aliphatic hydroxyl groups is 1. The lowest BCUT2D eigenvalue weighted by atomic mass is 9.89. The average Bonchev–Trinajstić information content (AvgIpc) is 2.97. The molecule has 1 amide bonds. The molecule has 7 heteroatoms. The summed E-state index contributed by atoms with van der Waals surface area (Å²) in [4.78, 5) is 20.5. The summed E-state index contributed by atoms with van der Waals surface area (Å²) in [5.41, 5.74) is 0.767. The molecule has 2 heterocycles. The van der Waals surface area contributed by atoms with Crippen LogP contribution in [0.1, 0.15) is 30.0 Å². The van der Waals surface area contributed by atoms with E-state index in [1.165, 1.54) is 11.3 Å².